The summed E-state index contributed by atoms with van der Waals surface area (Å²) in [7, 11) is 0. The fourth-order valence-corrected chi connectivity index (χ4v) is 4.71. The van der Waals surface area contributed by atoms with Gasteiger partial charge in [0, 0.05) is 15.8 Å². The van der Waals surface area contributed by atoms with E-state index in [4.69, 9.17) is 16.3 Å². The molecule has 0 aliphatic heterocycles. The summed E-state index contributed by atoms with van der Waals surface area (Å²) in [5.41, 5.74) is 2.85. The van der Waals surface area contributed by atoms with E-state index in [0.29, 0.717) is 27.7 Å². The lowest BCUT2D eigenvalue weighted by Gasteiger charge is -2.03. The largest absolute Gasteiger partial charge is 0.494 e. The van der Waals surface area contributed by atoms with Gasteiger partial charge < -0.3 is 10.1 Å². The Morgan fingerprint density at radius 1 is 1.06 bits per heavy atom. The lowest BCUT2D eigenvalue weighted by molar-refractivity contribution is 0.103. The summed E-state index contributed by atoms with van der Waals surface area (Å²) in [5.74, 6) is 0.553. The van der Waals surface area contributed by atoms with E-state index in [0.717, 1.165) is 27.0 Å². The number of hydrogen-bond donors (Lipinski definition) is 1. The third kappa shape index (κ3) is 3.73. The van der Waals surface area contributed by atoms with E-state index in [9.17, 15) is 4.79 Å². The molecule has 1 amide bonds. The van der Waals surface area contributed by atoms with Crippen LogP contribution in [-0.2, 0) is 0 Å². The molecule has 0 saturated heterocycles. The molecule has 0 unspecified atom stereocenters. The van der Waals surface area contributed by atoms with E-state index in [1.807, 2.05) is 61.5 Å². The number of nitrogens with zero attached hydrogens (tertiary/aromatic N) is 3. The van der Waals surface area contributed by atoms with Crippen molar-refractivity contribution in [2.24, 2.45) is 0 Å². The van der Waals surface area contributed by atoms with Gasteiger partial charge in [0.05, 0.1) is 17.3 Å². The van der Waals surface area contributed by atoms with Gasteiger partial charge >= 0.3 is 0 Å². The summed E-state index contributed by atoms with van der Waals surface area (Å²) in [6.45, 7) is 2.56. The summed E-state index contributed by atoms with van der Waals surface area (Å²) in [4.78, 5) is 14.9. The number of nitrogens with one attached hydrogen (secondary N) is 1. The van der Waals surface area contributed by atoms with Crippen molar-refractivity contribution in [3.8, 4) is 11.4 Å². The van der Waals surface area contributed by atoms with Crippen molar-refractivity contribution in [2.45, 2.75) is 6.92 Å². The number of anilines is 1. The fraction of sp³-hybridized carbons (Fsp3) is 0.0870. The molecular weight excluding hydrogens is 432 g/mol. The molecule has 0 aliphatic rings. The average molecular weight is 449 g/mol. The topological polar surface area (TPSA) is 69.0 Å². The van der Waals surface area contributed by atoms with Crippen molar-refractivity contribution < 1.29 is 9.53 Å². The van der Waals surface area contributed by atoms with Crippen LogP contribution in [-0.4, -0.2) is 27.5 Å². The van der Waals surface area contributed by atoms with Crippen molar-refractivity contribution in [1.29, 1.82) is 0 Å². The zero-order chi connectivity index (χ0) is 21.4. The minimum atomic E-state index is -0.246. The van der Waals surface area contributed by atoms with E-state index >= 15 is 0 Å². The second kappa shape index (κ2) is 8.02. The minimum Gasteiger partial charge on any atom is -0.494 e. The Bertz CT molecular complexity index is 1410. The Labute approximate surface area is 187 Å². The Hall–Kier alpha value is -3.42. The SMILES string of the molecule is CCOc1ccc(-n2nc3ccc(NC(=O)c4sc5ccccc5c4Cl)cc3n2)cc1. The first-order valence-corrected chi connectivity index (χ1v) is 10.9. The number of carbonyl (C=O) groups excluding carboxylic acids is 1. The lowest BCUT2D eigenvalue weighted by atomic mass is 10.2. The van der Waals surface area contributed by atoms with Gasteiger partial charge in [0.1, 0.15) is 21.7 Å². The summed E-state index contributed by atoms with van der Waals surface area (Å²) in [6.07, 6.45) is 0. The highest BCUT2D eigenvalue weighted by atomic mass is 35.5. The van der Waals surface area contributed by atoms with Crippen LogP contribution in [0, 0.1) is 0 Å². The first-order valence-electron chi connectivity index (χ1n) is 9.71. The van der Waals surface area contributed by atoms with Crippen LogP contribution in [0.2, 0.25) is 5.02 Å². The van der Waals surface area contributed by atoms with E-state index in [1.54, 1.807) is 16.9 Å². The molecule has 0 fully saturated rings. The third-order valence-corrected chi connectivity index (χ3v) is 6.43. The van der Waals surface area contributed by atoms with Crippen LogP contribution >= 0.6 is 22.9 Å². The molecule has 2 heterocycles. The fourth-order valence-electron chi connectivity index (χ4n) is 3.30. The third-order valence-electron chi connectivity index (χ3n) is 4.76. The molecule has 5 aromatic rings. The van der Waals surface area contributed by atoms with E-state index < -0.39 is 0 Å². The quantitative estimate of drug-likeness (QED) is 0.361. The first kappa shape index (κ1) is 19.5. The zero-order valence-electron chi connectivity index (χ0n) is 16.5. The monoisotopic (exact) mass is 448 g/mol. The van der Waals surface area contributed by atoms with Gasteiger partial charge in [0.2, 0.25) is 0 Å². The molecule has 0 spiro atoms. The number of halogens is 1. The van der Waals surface area contributed by atoms with Gasteiger partial charge in [-0.15, -0.1) is 21.5 Å². The van der Waals surface area contributed by atoms with Crippen LogP contribution < -0.4 is 10.1 Å². The second-order valence-corrected chi connectivity index (χ2v) is 8.25. The second-order valence-electron chi connectivity index (χ2n) is 6.82. The number of amides is 1. The number of aromatic nitrogens is 3. The van der Waals surface area contributed by atoms with Crippen molar-refractivity contribution >= 4 is 55.7 Å². The van der Waals surface area contributed by atoms with Crippen LogP contribution in [0.1, 0.15) is 16.6 Å². The number of thiophene rings is 1. The molecular formula is C23H17ClN4O2S. The number of benzene rings is 3. The van der Waals surface area contributed by atoms with Crippen LogP contribution in [0.3, 0.4) is 0 Å². The Morgan fingerprint density at radius 2 is 1.84 bits per heavy atom. The predicted octanol–water partition coefficient (Wildman–Crippen LogP) is 5.94. The van der Waals surface area contributed by atoms with Crippen LogP contribution in [0.25, 0.3) is 26.8 Å². The Kier molecular flexibility index (Phi) is 5.05. The highest BCUT2D eigenvalue weighted by Gasteiger charge is 2.17. The van der Waals surface area contributed by atoms with Crippen molar-refractivity contribution in [3.05, 3.63) is 76.6 Å². The lowest BCUT2D eigenvalue weighted by Crippen LogP contribution is -2.10. The van der Waals surface area contributed by atoms with Gasteiger partial charge in [-0.2, -0.15) is 4.80 Å². The molecule has 154 valence electrons. The molecule has 0 aliphatic carbocycles. The standard InChI is InChI=1S/C23H17ClN4O2S/c1-2-30-16-10-8-15(9-11-16)28-26-18-12-7-14(13-19(18)27-28)25-23(29)22-21(24)17-5-3-4-6-20(17)31-22/h3-13H,2H2,1H3,(H,25,29). The number of carbonyl (C=O) groups is 1. The summed E-state index contributed by atoms with van der Waals surface area (Å²) >= 11 is 7.80. The van der Waals surface area contributed by atoms with Crippen LogP contribution in [0.15, 0.2) is 66.7 Å². The molecule has 3 aromatic carbocycles. The highest BCUT2D eigenvalue weighted by molar-refractivity contribution is 7.21. The van der Waals surface area contributed by atoms with Gasteiger partial charge in [-0.25, -0.2) is 0 Å². The number of fused-ring (bicyclic) bond motifs is 2. The predicted molar refractivity (Wildman–Crippen MR) is 125 cm³/mol. The first-order chi connectivity index (χ1) is 15.1. The molecule has 0 saturated carbocycles. The molecule has 2 aromatic heterocycles. The maximum atomic E-state index is 12.8. The number of rotatable bonds is 5. The summed E-state index contributed by atoms with van der Waals surface area (Å²) in [5, 5.41) is 13.3. The molecule has 0 atom stereocenters. The normalized spacial score (nSPS) is 11.2. The maximum absolute atomic E-state index is 12.8. The zero-order valence-corrected chi connectivity index (χ0v) is 18.1. The Balaban J connectivity index is 1.40. The molecule has 5 rings (SSSR count). The van der Waals surface area contributed by atoms with Gasteiger partial charge in [-0.05, 0) is 55.5 Å². The molecule has 1 N–H and O–H groups in total. The number of hydrogen-bond acceptors (Lipinski definition) is 5. The van der Waals surface area contributed by atoms with Crippen molar-refractivity contribution in [3.63, 3.8) is 0 Å². The Morgan fingerprint density at radius 3 is 2.61 bits per heavy atom. The van der Waals surface area contributed by atoms with E-state index in [-0.39, 0.29) is 5.91 Å². The van der Waals surface area contributed by atoms with E-state index in [2.05, 4.69) is 15.5 Å². The molecule has 0 bridgehead atoms. The van der Waals surface area contributed by atoms with Gasteiger partial charge in [-0.1, -0.05) is 29.8 Å². The van der Waals surface area contributed by atoms with Gasteiger partial charge in [-0.3, -0.25) is 4.79 Å². The van der Waals surface area contributed by atoms with Crippen LogP contribution in [0.5, 0.6) is 5.75 Å². The average Bonchev–Trinajstić information content (AvgIpc) is 3.36. The molecule has 0 radical (unpaired) electrons. The summed E-state index contributed by atoms with van der Waals surface area (Å²) < 4.78 is 6.45. The highest BCUT2D eigenvalue weighted by Crippen LogP contribution is 2.35. The molecule has 31 heavy (non-hydrogen) atoms. The number of ether oxygens (including phenoxy) is 1. The maximum Gasteiger partial charge on any atom is 0.267 e. The minimum absolute atomic E-state index is 0.246. The molecule has 8 heteroatoms. The van der Waals surface area contributed by atoms with Gasteiger partial charge in [0.25, 0.3) is 5.91 Å². The van der Waals surface area contributed by atoms with E-state index in [1.165, 1.54) is 11.3 Å². The van der Waals surface area contributed by atoms with Crippen molar-refractivity contribution in [2.75, 3.05) is 11.9 Å². The van der Waals surface area contributed by atoms with Gasteiger partial charge in [0.15, 0.2) is 0 Å². The molecule has 6 nitrogen and oxygen atoms in total. The van der Waals surface area contributed by atoms with Crippen LogP contribution in [0.4, 0.5) is 5.69 Å². The smallest absolute Gasteiger partial charge is 0.267 e. The van der Waals surface area contributed by atoms with Crippen molar-refractivity contribution in [1.82, 2.24) is 15.0 Å². The summed E-state index contributed by atoms with van der Waals surface area (Å²) in [6, 6.07) is 20.7.